The van der Waals surface area contributed by atoms with Crippen molar-refractivity contribution in [3.05, 3.63) is 52.8 Å². The second kappa shape index (κ2) is 5.74. The molecule has 0 unspecified atom stereocenters. The summed E-state index contributed by atoms with van der Waals surface area (Å²) >= 11 is 6.00. The van der Waals surface area contributed by atoms with Crippen LogP contribution in [-0.2, 0) is 0 Å². The maximum atomic E-state index is 12.3. The highest BCUT2D eigenvalue weighted by molar-refractivity contribution is 6.33. The third-order valence-electron chi connectivity index (χ3n) is 4.12. The molecule has 1 aromatic heterocycles. The van der Waals surface area contributed by atoms with Gasteiger partial charge in [0.2, 0.25) is 0 Å². The molecule has 1 aliphatic heterocycles. The quantitative estimate of drug-likeness (QED) is 0.940. The van der Waals surface area contributed by atoms with E-state index in [1.165, 1.54) is 6.20 Å². The van der Waals surface area contributed by atoms with Crippen LogP contribution < -0.4 is 14.8 Å². The molecule has 2 heterocycles. The average Bonchev–Trinajstić information content (AvgIpc) is 3.34. The molecule has 118 valence electrons. The monoisotopic (exact) mass is 330 g/mol. The Morgan fingerprint density at radius 1 is 1.22 bits per heavy atom. The summed E-state index contributed by atoms with van der Waals surface area (Å²) in [5.74, 6) is 1.70. The zero-order valence-electron chi connectivity index (χ0n) is 12.3. The molecule has 0 bridgehead atoms. The zero-order valence-corrected chi connectivity index (χ0v) is 13.0. The molecule has 2 aliphatic rings. The minimum Gasteiger partial charge on any atom is -0.486 e. The van der Waals surface area contributed by atoms with Crippen LogP contribution in [0.3, 0.4) is 0 Å². The van der Waals surface area contributed by atoms with Gasteiger partial charge in [0.15, 0.2) is 11.5 Å². The summed E-state index contributed by atoms with van der Waals surface area (Å²) in [5.41, 5.74) is 1.61. The fraction of sp³-hybridized carbons (Fsp3) is 0.294. The first kappa shape index (κ1) is 14.3. The first-order chi connectivity index (χ1) is 11.2. The minimum absolute atomic E-state index is 0.120. The second-order valence-electron chi connectivity index (χ2n) is 5.68. The van der Waals surface area contributed by atoms with Crippen LogP contribution in [0.2, 0.25) is 5.02 Å². The first-order valence-electron chi connectivity index (χ1n) is 7.52. The number of fused-ring (bicyclic) bond motifs is 1. The lowest BCUT2D eigenvalue weighted by Crippen LogP contribution is -2.26. The second-order valence-corrected chi connectivity index (χ2v) is 6.09. The fourth-order valence-corrected chi connectivity index (χ4v) is 3.02. The third-order valence-corrected chi connectivity index (χ3v) is 4.42. The van der Waals surface area contributed by atoms with Crippen molar-refractivity contribution in [2.75, 3.05) is 13.2 Å². The molecule has 2 aromatic rings. The number of carbonyl (C=O) groups is 1. The zero-order chi connectivity index (χ0) is 15.8. The molecule has 1 fully saturated rings. The molecule has 1 aliphatic carbocycles. The van der Waals surface area contributed by atoms with Crippen LogP contribution in [0.1, 0.15) is 28.3 Å². The van der Waals surface area contributed by atoms with Crippen LogP contribution in [0.15, 0.2) is 36.7 Å². The molecular formula is C17H15ClN2O3. The number of carbonyl (C=O) groups excluding carboxylic acids is 1. The first-order valence-corrected chi connectivity index (χ1v) is 7.90. The van der Waals surface area contributed by atoms with E-state index in [9.17, 15) is 4.79 Å². The van der Waals surface area contributed by atoms with Gasteiger partial charge in [0.1, 0.15) is 13.2 Å². The lowest BCUT2D eigenvalue weighted by atomic mass is 10.1. The van der Waals surface area contributed by atoms with Gasteiger partial charge in [-0.1, -0.05) is 17.7 Å². The Morgan fingerprint density at radius 3 is 2.87 bits per heavy atom. The molecule has 23 heavy (non-hydrogen) atoms. The number of amides is 1. The van der Waals surface area contributed by atoms with Gasteiger partial charge in [-0.25, -0.2) is 0 Å². The highest BCUT2D eigenvalue weighted by Crippen LogP contribution is 2.44. The predicted molar refractivity (Wildman–Crippen MR) is 85.3 cm³/mol. The van der Waals surface area contributed by atoms with Crippen molar-refractivity contribution in [3.63, 3.8) is 0 Å². The molecule has 0 saturated heterocycles. The molecule has 1 aromatic carbocycles. The van der Waals surface area contributed by atoms with Crippen molar-refractivity contribution < 1.29 is 14.3 Å². The van der Waals surface area contributed by atoms with E-state index in [2.05, 4.69) is 10.3 Å². The molecule has 6 heteroatoms. The van der Waals surface area contributed by atoms with Crippen molar-refractivity contribution in [2.45, 2.75) is 18.4 Å². The summed E-state index contributed by atoms with van der Waals surface area (Å²) in [6.45, 7) is 1.16. The number of halogens is 1. The van der Waals surface area contributed by atoms with Gasteiger partial charge in [-0.3, -0.25) is 9.78 Å². The summed E-state index contributed by atoms with van der Waals surface area (Å²) in [7, 11) is 0. The molecule has 1 N–H and O–H groups in total. The van der Waals surface area contributed by atoms with Crippen molar-refractivity contribution in [3.8, 4) is 11.5 Å². The number of ether oxygens (including phenoxy) is 2. The number of hydrogen-bond acceptors (Lipinski definition) is 4. The molecule has 0 spiro atoms. The molecule has 1 amide bonds. The summed E-state index contributed by atoms with van der Waals surface area (Å²) < 4.78 is 11.1. The Kier molecular flexibility index (Phi) is 3.58. The van der Waals surface area contributed by atoms with E-state index in [1.807, 2.05) is 18.2 Å². The number of hydrogen-bond donors (Lipinski definition) is 1. The van der Waals surface area contributed by atoms with Gasteiger partial charge in [0, 0.05) is 24.4 Å². The Bertz CT molecular complexity index is 765. The highest BCUT2D eigenvalue weighted by Gasteiger charge is 2.40. The van der Waals surface area contributed by atoms with Crippen molar-refractivity contribution in [2.24, 2.45) is 0 Å². The molecule has 1 saturated carbocycles. The van der Waals surface area contributed by atoms with Crippen LogP contribution >= 0.6 is 11.6 Å². The van der Waals surface area contributed by atoms with E-state index < -0.39 is 0 Å². The summed E-state index contributed by atoms with van der Waals surface area (Å²) in [6, 6.07) is 7.71. The predicted octanol–water partition coefficient (Wildman–Crippen LogP) is 2.79. The molecule has 2 atom stereocenters. The molecule has 4 rings (SSSR count). The van der Waals surface area contributed by atoms with Gasteiger partial charge in [-0.2, -0.15) is 0 Å². The van der Waals surface area contributed by atoms with E-state index in [0.29, 0.717) is 29.7 Å². The largest absolute Gasteiger partial charge is 0.486 e. The van der Waals surface area contributed by atoms with Crippen LogP contribution in [0.4, 0.5) is 0 Å². The van der Waals surface area contributed by atoms with Crippen LogP contribution in [-0.4, -0.2) is 30.1 Å². The van der Waals surface area contributed by atoms with Gasteiger partial charge < -0.3 is 14.8 Å². The molecular weight excluding hydrogens is 316 g/mol. The van der Waals surface area contributed by atoms with Gasteiger partial charge in [0.25, 0.3) is 5.91 Å². The van der Waals surface area contributed by atoms with Gasteiger partial charge in [0.05, 0.1) is 10.6 Å². The SMILES string of the molecule is O=C(N[C@H]1C[C@@H]1c1ccc2c(c1)OCCO2)c1ccncc1Cl. The van der Waals surface area contributed by atoms with Crippen LogP contribution in [0.25, 0.3) is 0 Å². The third kappa shape index (κ3) is 2.84. The Labute approximate surface area is 138 Å². The van der Waals surface area contributed by atoms with Gasteiger partial charge in [-0.15, -0.1) is 0 Å². The van der Waals surface area contributed by atoms with E-state index in [1.54, 1.807) is 12.3 Å². The lowest BCUT2D eigenvalue weighted by molar-refractivity contribution is 0.0950. The number of nitrogens with one attached hydrogen (secondary N) is 1. The van der Waals surface area contributed by atoms with Gasteiger partial charge in [-0.05, 0) is 30.2 Å². The van der Waals surface area contributed by atoms with Crippen LogP contribution in [0.5, 0.6) is 11.5 Å². The van der Waals surface area contributed by atoms with E-state index >= 15 is 0 Å². The Balaban J connectivity index is 1.44. The number of pyridine rings is 1. The fourth-order valence-electron chi connectivity index (χ4n) is 2.82. The summed E-state index contributed by atoms with van der Waals surface area (Å²) in [5, 5.41) is 3.38. The van der Waals surface area contributed by atoms with Gasteiger partial charge >= 0.3 is 0 Å². The summed E-state index contributed by atoms with van der Waals surface area (Å²) in [6.07, 6.45) is 3.95. The normalized spacial score (nSPS) is 21.6. The number of nitrogens with zero attached hydrogens (tertiary/aromatic N) is 1. The molecule has 5 nitrogen and oxygen atoms in total. The average molecular weight is 331 g/mol. The van der Waals surface area contributed by atoms with E-state index in [-0.39, 0.29) is 11.9 Å². The van der Waals surface area contributed by atoms with Crippen molar-refractivity contribution in [1.29, 1.82) is 0 Å². The molecule has 0 radical (unpaired) electrons. The van der Waals surface area contributed by atoms with E-state index in [0.717, 1.165) is 23.5 Å². The van der Waals surface area contributed by atoms with E-state index in [4.69, 9.17) is 21.1 Å². The number of benzene rings is 1. The maximum Gasteiger partial charge on any atom is 0.253 e. The number of rotatable bonds is 3. The lowest BCUT2D eigenvalue weighted by Gasteiger charge is -2.18. The summed E-state index contributed by atoms with van der Waals surface area (Å²) in [4.78, 5) is 16.1. The minimum atomic E-state index is -0.164. The Morgan fingerprint density at radius 2 is 2.04 bits per heavy atom. The maximum absolute atomic E-state index is 12.3. The van der Waals surface area contributed by atoms with Crippen LogP contribution in [0, 0.1) is 0 Å². The smallest absolute Gasteiger partial charge is 0.253 e. The van der Waals surface area contributed by atoms with Crippen molar-refractivity contribution >= 4 is 17.5 Å². The topological polar surface area (TPSA) is 60.5 Å². The van der Waals surface area contributed by atoms with Crippen molar-refractivity contribution in [1.82, 2.24) is 10.3 Å². The number of aromatic nitrogens is 1. The Hall–Kier alpha value is -2.27. The standard InChI is InChI=1S/C17H15ClN2O3/c18-13-9-19-4-3-11(13)17(21)20-14-8-12(14)10-1-2-15-16(7-10)23-6-5-22-15/h1-4,7,9,12,14H,5-6,8H2,(H,20,21)/t12-,14+/m1/s1. The highest BCUT2D eigenvalue weighted by atomic mass is 35.5.